The zero-order valence-corrected chi connectivity index (χ0v) is 10.3. The van der Waals surface area contributed by atoms with Crippen LogP contribution in [0.2, 0.25) is 0 Å². The minimum atomic E-state index is -0.317. The second-order valence-electron chi connectivity index (χ2n) is 4.53. The van der Waals surface area contributed by atoms with Crippen molar-refractivity contribution in [2.75, 3.05) is 0 Å². The molecule has 0 spiro atoms. The first-order valence-electron chi connectivity index (χ1n) is 6.37. The lowest BCUT2D eigenvalue weighted by Gasteiger charge is -2.29. The van der Waals surface area contributed by atoms with E-state index >= 15 is 0 Å². The first-order valence-corrected chi connectivity index (χ1v) is 6.37. The number of aliphatic hydroxyl groups excluding tert-OH is 1. The highest BCUT2D eigenvalue weighted by atomic mass is 16.5. The lowest BCUT2D eigenvalue weighted by Crippen LogP contribution is -2.31. The molecule has 2 heteroatoms. The molecule has 0 radical (unpaired) electrons. The van der Waals surface area contributed by atoms with Gasteiger partial charge in [0.2, 0.25) is 0 Å². The molecule has 2 nitrogen and oxygen atoms in total. The van der Waals surface area contributed by atoms with E-state index in [1.54, 1.807) is 0 Å². The summed E-state index contributed by atoms with van der Waals surface area (Å²) in [4.78, 5) is 0. The molecule has 1 aromatic carbocycles. The Labute approximate surface area is 103 Å². The van der Waals surface area contributed by atoms with Gasteiger partial charge in [0.1, 0.15) is 11.9 Å². The fourth-order valence-corrected chi connectivity index (χ4v) is 2.28. The van der Waals surface area contributed by atoms with Gasteiger partial charge in [-0.05, 0) is 32.3 Å². The van der Waals surface area contributed by atoms with Gasteiger partial charge < -0.3 is 9.84 Å². The summed E-state index contributed by atoms with van der Waals surface area (Å²) in [6, 6.07) is 10.1. The van der Waals surface area contributed by atoms with Crippen LogP contribution in [0, 0.1) is 0 Å². The van der Waals surface area contributed by atoms with Crippen LogP contribution in [0.5, 0.6) is 0 Å². The minimum Gasteiger partial charge on any atom is -0.487 e. The van der Waals surface area contributed by atoms with Gasteiger partial charge in [0, 0.05) is 5.56 Å². The number of rotatable bonds is 3. The molecule has 1 aromatic rings. The predicted molar refractivity (Wildman–Crippen MR) is 69.4 cm³/mol. The van der Waals surface area contributed by atoms with Crippen LogP contribution in [0.25, 0.3) is 5.76 Å². The van der Waals surface area contributed by atoms with Crippen molar-refractivity contribution in [3.8, 4) is 0 Å². The molecule has 1 fully saturated rings. The second kappa shape index (κ2) is 5.87. The predicted octanol–water partition coefficient (Wildman–Crippen LogP) is 3.37. The molecule has 0 heterocycles. The summed E-state index contributed by atoms with van der Waals surface area (Å²) < 4.78 is 5.95. The molecular weight excluding hydrogens is 212 g/mol. The van der Waals surface area contributed by atoms with Gasteiger partial charge in [0.05, 0.1) is 6.10 Å². The van der Waals surface area contributed by atoms with E-state index in [1.165, 1.54) is 0 Å². The van der Waals surface area contributed by atoms with Gasteiger partial charge in [0.25, 0.3) is 0 Å². The van der Waals surface area contributed by atoms with E-state index in [0.29, 0.717) is 0 Å². The Morgan fingerprint density at radius 3 is 2.59 bits per heavy atom. The highest BCUT2D eigenvalue weighted by Crippen LogP contribution is 2.26. The summed E-state index contributed by atoms with van der Waals surface area (Å²) >= 11 is 0. The van der Waals surface area contributed by atoms with Crippen molar-refractivity contribution in [1.82, 2.24) is 0 Å². The van der Waals surface area contributed by atoms with Gasteiger partial charge in [-0.3, -0.25) is 0 Å². The van der Waals surface area contributed by atoms with Crippen molar-refractivity contribution in [3.63, 3.8) is 0 Å². The van der Waals surface area contributed by atoms with Crippen LogP contribution in [-0.2, 0) is 4.74 Å². The van der Waals surface area contributed by atoms with Gasteiger partial charge in [0.15, 0.2) is 0 Å². The molecule has 0 aromatic heterocycles. The average molecular weight is 232 g/mol. The lowest BCUT2D eigenvalue weighted by molar-refractivity contribution is -0.00848. The summed E-state index contributed by atoms with van der Waals surface area (Å²) in [6.45, 7) is 1.97. The molecule has 1 aliphatic rings. The summed E-state index contributed by atoms with van der Waals surface area (Å²) in [5, 5.41) is 9.91. The maximum absolute atomic E-state index is 9.91. The standard InChI is InChI=1S/C15H20O2/c1-2-14(12-8-4-3-5-9-12)17-15-11-7-6-10-13(15)16/h2-5,8-9,13,15-16H,6-7,10-11H2,1H3/b14-2-/t13-,15-/m1/s1. The molecule has 17 heavy (non-hydrogen) atoms. The van der Waals surface area contributed by atoms with E-state index in [-0.39, 0.29) is 12.2 Å². The van der Waals surface area contributed by atoms with Gasteiger partial charge in [-0.15, -0.1) is 0 Å². The summed E-state index contributed by atoms with van der Waals surface area (Å²) in [6.07, 6.45) is 5.67. The van der Waals surface area contributed by atoms with Crippen LogP contribution < -0.4 is 0 Å². The maximum Gasteiger partial charge on any atom is 0.124 e. The monoisotopic (exact) mass is 232 g/mol. The number of allylic oxidation sites excluding steroid dienone is 1. The molecule has 2 atom stereocenters. The Morgan fingerprint density at radius 1 is 1.24 bits per heavy atom. The highest BCUT2D eigenvalue weighted by molar-refractivity contribution is 5.59. The van der Waals surface area contributed by atoms with Crippen LogP contribution in [0.3, 0.4) is 0 Å². The van der Waals surface area contributed by atoms with E-state index in [2.05, 4.69) is 0 Å². The van der Waals surface area contributed by atoms with Gasteiger partial charge in [-0.25, -0.2) is 0 Å². The highest BCUT2D eigenvalue weighted by Gasteiger charge is 2.25. The first-order chi connectivity index (χ1) is 8.31. The smallest absolute Gasteiger partial charge is 0.124 e. The van der Waals surface area contributed by atoms with Crippen molar-refractivity contribution >= 4 is 5.76 Å². The SMILES string of the molecule is C/C=C(\O[C@@H]1CCCC[C@H]1O)c1ccccc1. The molecule has 2 rings (SSSR count). The van der Waals surface area contributed by atoms with Crippen LogP contribution in [0.4, 0.5) is 0 Å². The molecule has 0 bridgehead atoms. The van der Waals surface area contributed by atoms with Crippen LogP contribution >= 0.6 is 0 Å². The van der Waals surface area contributed by atoms with E-state index in [1.807, 2.05) is 43.3 Å². The Balaban J connectivity index is 2.05. The zero-order chi connectivity index (χ0) is 12.1. The molecule has 92 valence electrons. The third-order valence-electron chi connectivity index (χ3n) is 3.27. The van der Waals surface area contributed by atoms with Gasteiger partial charge in [-0.2, -0.15) is 0 Å². The number of ether oxygens (including phenoxy) is 1. The van der Waals surface area contributed by atoms with Crippen molar-refractivity contribution in [2.45, 2.75) is 44.8 Å². The molecule has 1 N–H and O–H groups in total. The maximum atomic E-state index is 9.91. The Morgan fingerprint density at radius 2 is 1.94 bits per heavy atom. The Bertz CT molecular complexity index is 370. The Kier molecular flexibility index (Phi) is 4.21. The van der Waals surface area contributed by atoms with E-state index in [4.69, 9.17) is 4.74 Å². The van der Waals surface area contributed by atoms with Crippen molar-refractivity contribution in [1.29, 1.82) is 0 Å². The quantitative estimate of drug-likeness (QED) is 0.810. The third kappa shape index (κ3) is 3.10. The van der Waals surface area contributed by atoms with Crippen molar-refractivity contribution in [3.05, 3.63) is 42.0 Å². The lowest BCUT2D eigenvalue weighted by atomic mass is 9.94. The number of hydrogen-bond acceptors (Lipinski definition) is 2. The molecule has 0 aliphatic heterocycles. The van der Waals surface area contributed by atoms with Gasteiger partial charge in [-0.1, -0.05) is 36.8 Å². The number of benzene rings is 1. The third-order valence-corrected chi connectivity index (χ3v) is 3.27. The van der Waals surface area contributed by atoms with E-state index in [9.17, 15) is 5.11 Å². The molecule has 1 saturated carbocycles. The summed E-state index contributed by atoms with van der Waals surface area (Å²) in [5.74, 6) is 0.872. The van der Waals surface area contributed by atoms with Crippen LogP contribution in [0.1, 0.15) is 38.2 Å². The van der Waals surface area contributed by atoms with Crippen molar-refractivity contribution < 1.29 is 9.84 Å². The second-order valence-corrected chi connectivity index (χ2v) is 4.53. The fraction of sp³-hybridized carbons (Fsp3) is 0.467. The topological polar surface area (TPSA) is 29.5 Å². The first kappa shape index (κ1) is 12.2. The average Bonchev–Trinajstić information content (AvgIpc) is 2.39. The van der Waals surface area contributed by atoms with Crippen LogP contribution in [-0.4, -0.2) is 17.3 Å². The van der Waals surface area contributed by atoms with E-state index < -0.39 is 0 Å². The van der Waals surface area contributed by atoms with Crippen LogP contribution in [0.15, 0.2) is 36.4 Å². The normalized spacial score (nSPS) is 25.6. The van der Waals surface area contributed by atoms with Gasteiger partial charge >= 0.3 is 0 Å². The molecule has 1 aliphatic carbocycles. The van der Waals surface area contributed by atoms with Crippen molar-refractivity contribution in [2.24, 2.45) is 0 Å². The minimum absolute atomic E-state index is 0.0462. The zero-order valence-electron chi connectivity index (χ0n) is 10.3. The Hall–Kier alpha value is -1.28. The number of hydrogen-bond donors (Lipinski definition) is 1. The molecular formula is C15H20O2. The largest absolute Gasteiger partial charge is 0.487 e. The summed E-state index contributed by atoms with van der Waals surface area (Å²) in [7, 11) is 0. The molecule has 0 saturated heterocycles. The molecule has 0 unspecified atom stereocenters. The fourth-order valence-electron chi connectivity index (χ4n) is 2.28. The molecule has 0 amide bonds. The number of aliphatic hydroxyl groups is 1. The summed E-state index contributed by atoms with van der Waals surface area (Å²) in [5.41, 5.74) is 1.08. The van der Waals surface area contributed by atoms with E-state index in [0.717, 1.165) is 37.0 Å².